The Hall–Kier alpha value is -7.10. The van der Waals surface area contributed by atoms with Gasteiger partial charge in [-0.05, 0) is 89.0 Å². The molecule has 3 nitrogen and oxygen atoms in total. The summed E-state index contributed by atoms with van der Waals surface area (Å²) in [6, 6.07) is 70.0. The van der Waals surface area contributed by atoms with Crippen LogP contribution in [0.4, 0.5) is 0 Å². The fourth-order valence-electron chi connectivity index (χ4n) is 7.52. The number of fused-ring (bicyclic) bond motifs is 4. The molecule has 256 valence electrons. The van der Waals surface area contributed by atoms with Gasteiger partial charge in [0.2, 0.25) is 0 Å². The molecule has 0 spiro atoms. The Morgan fingerprint density at radius 1 is 0.463 bits per heavy atom. The highest BCUT2D eigenvalue weighted by atomic mass is 15.1. The van der Waals surface area contributed by atoms with E-state index >= 15 is 0 Å². The van der Waals surface area contributed by atoms with E-state index in [1.165, 1.54) is 37.9 Å². The van der Waals surface area contributed by atoms with Gasteiger partial charge >= 0.3 is 0 Å². The van der Waals surface area contributed by atoms with Crippen LogP contribution in [-0.4, -0.2) is 12.1 Å². The number of hydrogen-bond donors (Lipinski definition) is 2. The normalized spacial score (nSPS) is 12.0. The predicted octanol–water partition coefficient (Wildman–Crippen LogP) is 12.9. The third-order valence-electron chi connectivity index (χ3n) is 10.2. The quantitative estimate of drug-likeness (QED) is 0.0708. The van der Waals surface area contributed by atoms with Crippen LogP contribution in [0, 0.1) is 5.41 Å². The first-order valence-electron chi connectivity index (χ1n) is 18.3. The smallest absolute Gasteiger partial charge is 0.145 e. The van der Waals surface area contributed by atoms with Crippen LogP contribution in [-0.2, 0) is 0 Å². The number of nitrogens with zero attached hydrogens (tertiary/aromatic N) is 1. The maximum absolute atomic E-state index is 9.01. The second-order valence-corrected chi connectivity index (χ2v) is 13.6. The minimum absolute atomic E-state index is 0.317. The molecule has 54 heavy (non-hydrogen) atoms. The lowest BCUT2D eigenvalue weighted by molar-refractivity contribution is 0.686. The molecular weight excluding hydrogens is 655 g/mol. The first-order valence-corrected chi connectivity index (χ1v) is 18.3. The van der Waals surface area contributed by atoms with E-state index in [1.54, 1.807) is 0 Å². The van der Waals surface area contributed by atoms with Crippen LogP contribution < -0.4 is 5.32 Å². The zero-order valence-corrected chi connectivity index (χ0v) is 29.7. The summed E-state index contributed by atoms with van der Waals surface area (Å²) in [6.07, 6.45) is 1.42. The van der Waals surface area contributed by atoms with E-state index in [1.807, 2.05) is 48.7 Å². The highest BCUT2D eigenvalue weighted by Gasteiger charge is 2.17. The zero-order valence-electron chi connectivity index (χ0n) is 29.7. The molecule has 0 aliphatic rings. The molecule has 0 heterocycles. The van der Waals surface area contributed by atoms with E-state index in [4.69, 9.17) is 10.4 Å². The van der Waals surface area contributed by atoms with Crippen molar-refractivity contribution in [3.8, 4) is 33.4 Å². The molecule has 0 aliphatic carbocycles. The van der Waals surface area contributed by atoms with Gasteiger partial charge in [0.15, 0.2) is 0 Å². The molecule has 9 aromatic carbocycles. The van der Waals surface area contributed by atoms with Crippen molar-refractivity contribution in [1.29, 1.82) is 5.41 Å². The Morgan fingerprint density at radius 3 is 1.80 bits per heavy atom. The van der Waals surface area contributed by atoms with Crippen LogP contribution in [0.3, 0.4) is 0 Å². The van der Waals surface area contributed by atoms with Gasteiger partial charge in [-0.1, -0.05) is 188 Å². The first-order chi connectivity index (χ1) is 26.7. The van der Waals surface area contributed by atoms with E-state index in [0.29, 0.717) is 5.84 Å². The lowest BCUT2D eigenvalue weighted by Crippen LogP contribution is -2.27. The molecule has 9 aromatic rings. The van der Waals surface area contributed by atoms with Crippen molar-refractivity contribution in [3.05, 3.63) is 217 Å². The molecule has 0 radical (unpaired) electrons. The summed E-state index contributed by atoms with van der Waals surface area (Å²) in [5, 5.41) is 19.9. The second-order valence-electron chi connectivity index (χ2n) is 13.6. The molecule has 0 saturated carbocycles. The fraction of sp³-hybridized carbons (Fsp3) is 0.0196. The molecule has 1 atom stereocenters. The average molecular weight is 692 g/mol. The van der Waals surface area contributed by atoms with Gasteiger partial charge in [-0.25, -0.2) is 0 Å². The Balaban J connectivity index is 1.11. The van der Waals surface area contributed by atoms with Crippen molar-refractivity contribution < 1.29 is 0 Å². The van der Waals surface area contributed by atoms with Gasteiger partial charge in [0.1, 0.15) is 12.0 Å². The van der Waals surface area contributed by atoms with Crippen LogP contribution in [0.5, 0.6) is 0 Å². The summed E-state index contributed by atoms with van der Waals surface area (Å²) in [7, 11) is 0. The SMILES string of the molecule is N=C(NC(/N=C/c1ccc(-c2c3ccccc3cc3c2ccc2ccccc23)cc1)c1ccc(-c2ccccc2)c(-c2ccccc2)c1)c1ccccc1. The number of amidine groups is 1. The number of aliphatic imine (C=N–C) groups is 1. The summed E-state index contributed by atoms with van der Waals surface area (Å²) in [4.78, 5) is 5.13. The predicted molar refractivity (Wildman–Crippen MR) is 228 cm³/mol. The Labute approximate surface area is 315 Å². The minimum atomic E-state index is -0.500. The van der Waals surface area contributed by atoms with Gasteiger partial charge in [0.25, 0.3) is 0 Å². The average Bonchev–Trinajstić information content (AvgIpc) is 3.25. The number of rotatable bonds is 8. The van der Waals surface area contributed by atoms with E-state index in [-0.39, 0.29) is 0 Å². The monoisotopic (exact) mass is 691 g/mol. The molecule has 0 saturated heterocycles. The Morgan fingerprint density at radius 2 is 1.07 bits per heavy atom. The maximum atomic E-state index is 9.01. The molecule has 0 aliphatic heterocycles. The minimum Gasteiger partial charge on any atom is -0.345 e. The maximum Gasteiger partial charge on any atom is 0.145 e. The van der Waals surface area contributed by atoms with Gasteiger partial charge in [-0.2, -0.15) is 0 Å². The molecule has 3 heteroatoms. The van der Waals surface area contributed by atoms with Gasteiger partial charge in [-0.15, -0.1) is 0 Å². The van der Waals surface area contributed by atoms with Crippen molar-refractivity contribution in [2.45, 2.75) is 6.17 Å². The van der Waals surface area contributed by atoms with Gasteiger partial charge in [0.05, 0.1) is 0 Å². The number of nitrogens with one attached hydrogen (secondary N) is 2. The van der Waals surface area contributed by atoms with Crippen LogP contribution in [0.1, 0.15) is 22.9 Å². The number of benzene rings is 9. The lowest BCUT2D eigenvalue weighted by Gasteiger charge is -2.20. The zero-order chi connectivity index (χ0) is 36.3. The van der Waals surface area contributed by atoms with Gasteiger partial charge in [0, 0.05) is 11.8 Å². The summed E-state index contributed by atoms with van der Waals surface area (Å²) in [5.41, 5.74) is 9.70. The summed E-state index contributed by atoms with van der Waals surface area (Å²) in [6.45, 7) is 0. The van der Waals surface area contributed by atoms with E-state index in [9.17, 15) is 0 Å². The topological polar surface area (TPSA) is 48.2 Å². The van der Waals surface area contributed by atoms with E-state index in [0.717, 1.165) is 44.5 Å². The third kappa shape index (κ3) is 6.44. The van der Waals surface area contributed by atoms with E-state index in [2.05, 4.69) is 163 Å². The third-order valence-corrected chi connectivity index (χ3v) is 10.2. The molecule has 0 bridgehead atoms. The highest BCUT2D eigenvalue weighted by Crippen LogP contribution is 2.39. The summed E-state index contributed by atoms with van der Waals surface area (Å²) < 4.78 is 0. The first kappa shape index (κ1) is 32.8. The van der Waals surface area contributed by atoms with E-state index < -0.39 is 6.17 Å². The second kappa shape index (κ2) is 14.5. The molecule has 0 aromatic heterocycles. The van der Waals surface area contributed by atoms with Crippen LogP contribution in [0.25, 0.3) is 65.7 Å². The van der Waals surface area contributed by atoms with Crippen LogP contribution >= 0.6 is 0 Å². The molecule has 1 unspecified atom stereocenters. The van der Waals surface area contributed by atoms with Crippen molar-refractivity contribution in [2.24, 2.45) is 4.99 Å². The van der Waals surface area contributed by atoms with Crippen molar-refractivity contribution >= 4 is 44.4 Å². The standard InChI is InChI=1S/C51H37N3/c52-50(40-19-8-3-9-20-40)54-51(42-29-30-44(36-14-4-1-5-15-36)47(33-42)37-16-6-2-7-17-37)53-34-35-24-26-39(27-25-35)49-45-23-13-11-21-41(45)32-48-43-22-12-10-18-38(43)28-31-46(48)49/h1-34,51H,(H2,52,54)/b53-34+. The fourth-order valence-corrected chi connectivity index (χ4v) is 7.52. The Bertz CT molecular complexity index is 2790. The molecule has 0 fully saturated rings. The van der Waals surface area contributed by atoms with Crippen molar-refractivity contribution in [3.63, 3.8) is 0 Å². The van der Waals surface area contributed by atoms with Crippen molar-refractivity contribution in [1.82, 2.24) is 5.32 Å². The van der Waals surface area contributed by atoms with Gasteiger partial charge < -0.3 is 5.32 Å². The largest absolute Gasteiger partial charge is 0.345 e. The molecule has 2 N–H and O–H groups in total. The lowest BCUT2D eigenvalue weighted by atomic mass is 9.89. The van der Waals surface area contributed by atoms with Crippen molar-refractivity contribution in [2.75, 3.05) is 0 Å². The number of hydrogen-bond acceptors (Lipinski definition) is 2. The summed E-state index contributed by atoms with van der Waals surface area (Å²) in [5.74, 6) is 0.317. The van der Waals surface area contributed by atoms with Crippen LogP contribution in [0.15, 0.2) is 205 Å². The molecular formula is C51H37N3. The highest BCUT2D eigenvalue weighted by molar-refractivity contribution is 6.20. The summed E-state index contributed by atoms with van der Waals surface area (Å²) >= 11 is 0. The molecule has 9 rings (SSSR count). The van der Waals surface area contributed by atoms with Crippen LogP contribution in [0.2, 0.25) is 0 Å². The van der Waals surface area contributed by atoms with Gasteiger partial charge in [-0.3, -0.25) is 10.4 Å². The molecule has 0 amide bonds. The Kier molecular flexibility index (Phi) is 8.80.